The molecule has 2 aromatic carbocycles. The van der Waals surface area contributed by atoms with Gasteiger partial charge in [0.05, 0.1) is 25.2 Å². The van der Waals surface area contributed by atoms with E-state index in [1.165, 1.54) is 0 Å². The smallest absolute Gasteiger partial charge is 0.247 e. The van der Waals surface area contributed by atoms with Gasteiger partial charge in [-0.15, -0.1) is 0 Å². The number of nitrogens with one attached hydrogen (secondary N) is 2. The molecule has 3 heterocycles. The van der Waals surface area contributed by atoms with E-state index in [-0.39, 0.29) is 29.3 Å². The summed E-state index contributed by atoms with van der Waals surface area (Å²) < 4.78 is 5.74. The first-order valence-electron chi connectivity index (χ1n) is 11.1. The predicted molar refractivity (Wildman–Crippen MR) is 123 cm³/mol. The molecule has 2 aliphatic heterocycles. The Bertz CT molecular complexity index is 1120. The SMILES string of the molecule is O=C([C@@H]1CNC[C@H]1c1ccccc1-c1ccc(=O)[nH]c1)N1CCOC[C@@H]1c1ccccc1. The number of nitrogens with zero attached hydrogens (tertiary/aromatic N) is 1. The van der Waals surface area contributed by atoms with E-state index in [1.807, 2.05) is 41.3 Å². The number of hydrogen-bond acceptors (Lipinski definition) is 4. The maximum atomic E-state index is 13.8. The van der Waals surface area contributed by atoms with Crippen LogP contribution >= 0.6 is 0 Å². The Morgan fingerprint density at radius 1 is 0.969 bits per heavy atom. The molecule has 0 unspecified atom stereocenters. The lowest BCUT2D eigenvalue weighted by molar-refractivity contribution is -0.144. The van der Waals surface area contributed by atoms with Crippen molar-refractivity contribution in [2.75, 3.05) is 32.8 Å². The molecule has 0 aliphatic carbocycles. The zero-order chi connectivity index (χ0) is 21.9. The minimum atomic E-state index is -0.150. The van der Waals surface area contributed by atoms with Crippen LogP contribution in [0.4, 0.5) is 0 Å². The highest BCUT2D eigenvalue weighted by Gasteiger charge is 2.40. The van der Waals surface area contributed by atoms with E-state index < -0.39 is 0 Å². The van der Waals surface area contributed by atoms with Gasteiger partial charge >= 0.3 is 0 Å². The summed E-state index contributed by atoms with van der Waals surface area (Å²) in [4.78, 5) is 30.1. The van der Waals surface area contributed by atoms with E-state index in [0.717, 1.165) is 28.8 Å². The summed E-state index contributed by atoms with van der Waals surface area (Å²) >= 11 is 0. The van der Waals surface area contributed by atoms with Gasteiger partial charge in [0.15, 0.2) is 0 Å². The van der Waals surface area contributed by atoms with Crippen LogP contribution < -0.4 is 10.9 Å². The summed E-state index contributed by atoms with van der Waals surface area (Å²) in [5.74, 6) is 0.0848. The molecule has 0 radical (unpaired) electrons. The minimum Gasteiger partial charge on any atom is -0.377 e. The zero-order valence-corrected chi connectivity index (χ0v) is 17.9. The standard InChI is InChI=1S/C26H27N3O3/c30-25-11-10-19(14-28-25)20-8-4-5-9-21(20)22-15-27-16-23(22)26(31)29-12-13-32-17-24(29)18-6-2-1-3-7-18/h1-11,14,22-24,27H,12-13,15-17H2,(H,28,30)/t22-,23+,24+/m0/s1. The van der Waals surface area contributed by atoms with E-state index >= 15 is 0 Å². The number of pyridine rings is 1. The number of H-pyrrole nitrogens is 1. The van der Waals surface area contributed by atoms with Gasteiger partial charge in [-0.3, -0.25) is 9.59 Å². The van der Waals surface area contributed by atoms with Crippen LogP contribution in [0.15, 0.2) is 77.7 Å². The second-order valence-corrected chi connectivity index (χ2v) is 8.43. The molecule has 3 aromatic rings. The van der Waals surface area contributed by atoms with Crippen molar-refractivity contribution in [3.05, 3.63) is 94.4 Å². The maximum Gasteiger partial charge on any atom is 0.247 e. The lowest BCUT2D eigenvalue weighted by atomic mass is 9.83. The number of aromatic nitrogens is 1. The van der Waals surface area contributed by atoms with Gasteiger partial charge in [0, 0.05) is 37.8 Å². The average Bonchev–Trinajstić information content (AvgIpc) is 3.34. The van der Waals surface area contributed by atoms with Crippen LogP contribution in [0.2, 0.25) is 0 Å². The fourth-order valence-electron chi connectivity index (χ4n) is 4.96. The number of rotatable bonds is 4. The first-order chi connectivity index (χ1) is 15.7. The van der Waals surface area contributed by atoms with Crippen molar-refractivity contribution >= 4 is 5.91 Å². The molecule has 2 aliphatic rings. The van der Waals surface area contributed by atoms with Gasteiger partial charge in [-0.05, 0) is 28.3 Å². The molecule has 2 N–H and O–H groups in total. The molecule has 6 nitrogen and oxygen atoms in total. The third-order valence-corrected chi connectivity index (χ3v) is 6.58. The molecule has 0 bridgehead atoms. The molecule has 164 valence electrons. The molecule has 6 heteroatoms. The topological polar surface area (TPSA) is 74.4 Å². The molecule has 2 fully saturated rings. The molecular weight excluding hydrogens is 402 g/mol. The van der Waals surface area contributed by atoms with Gasteiger partial charge in [0.25, 0.3) is 0 Å². The van der Waals surface area contributed by atoms with Crippen LogP contribution in [0.25, 0.3) is 11.1 Å². The van der Waals surface area contributed by atoms with Crippen molar-refractivity contribution in [1.29, 1.82) is 0 Å². The van der Waals surface area contributed by atoms with E-state index in [4.69, 9.17) is 4.74 Å². The molecule has 0 spiro atoms. The van der Waals surface area contributed by atoms with Crippen molar-refractivity contribution in [3.63, 3.8) is 0 Å². The van der Waals surface area contributed by atoms with Crippen LogP contribution in [0.1, 0.15) is 23.1 Å². The van der Waals surface area contributed by atoms with E-state index in [9.17, 15) is 9.59 Å². The van der Waals surface area contributed by atoms with Crippen LogP contribution in [-0.4, -0.2) is 48.6 Å². The van der Waals surface area contributed by atoms with Gasteiger partial charge in [0.1, 0.15) is 0 Å². The molecule has 5 rings (SSSR count). The van der Waals surface area contributed by atoms with Crippen molar-refractivity contribution < 1.29 is 9.53 Å². The first kappa shape index (κ1) is 20.7. The van der Waals surface area contributed by atoms with Gasteiger partial charge in [-0.2, -0.15) is 0 Å². The van der Waals surface area contributed by atoms with Crippen LogP contribution in [0, 0.1) is 5.92 Å². The lowest BCUT2D eigenvalue weighted by Crippen LogP contribution is -2.47. The first-order valence-corrected chi connectivity index (χ1v) is 11.1. The highest BCUT2D eigenvalue weighted by Crippen LogP contribution is 2.37. The second kappa shape index (κ2) is 9.10. The number of carbonyl (C=O) groups excluding carboxylic acids is 1. The maximum absolute atomic E-state index is 13.8. The fourth-order valence-corrected chi connectivity index (χ4v) is 4.96. The lowest BCUT2D eigenvalue weighted by Gasteiger charge is -2.38. The summed E-state index contributed by atoms with van der Waals surface area (Å²) in [6, 6.07) is 21.6. The quantitative estimate of drug-likeness (QED) is 0.669. The number of ether oxygens (including phenoxy) is 1. The summed E-state index contributed by atoms with van der Waals surface area (Å²) in [6.07, 6.45) is 1.74. The number of amides is 1. The van der Waals surface area contributed by atoms with E-state index in [1.54, 1.807) is 12.3 Å². The predicted octanol–water partition coefficient (Wildman–Crippen LogP) is 2.95. The number of benzene rings is 2. The molecular formula is C26H27N3O3. The number of aromatic amines is 1. The second-order valence-electron chi connectivity index (χ2n) is 8.43. The summed E-state index contributed by atoms with van der Waals surface area (Å²) in [5, 5.41) is 3.45. The van der Waals surface area contributed by atoms with Crippen molar-refractivity contribution in [2.45, 2.75) is 12.0 Å². The van der Waals surface area contributed by atoms with E-state index in [0.29, 0.717) is 26.3 Å². The Kier molecular flexibility index (Phi) is 5.88. The summed E-state index contributed by atoms with van der Waals surface area (Å²) in [7, 11) is 0. The van der Waals surface area contributed by atoms with Crippen LogP contribution in [0.5, 0.6) is 0 Å². The fraction of sp³-hybridized carbons (Fsp3) is 0.308. The van der Waals surface area contributed by atoms with Gasteiger partial charge in [-0.25, -0.2) is 0 Å². The molecule has 0 saturated carbocycles. The van der Waals surface area contributed by atoms with Gasteiger partial charge in [0.2, 0.25) is 11.5 Å². The zero-order valence-electron chi connectivity index (χ0n) is 17.9. The number of morpholine rings is 1. The molecule has 3 atom stereocenters. The molecule has 32 heavy (non-hydrogen) atoms. The summed E-state index contributed by atoms with van der Waals surface area (Å²) in [6.45, 7) is 3.09. The highest BCUT2D eigenvalue weighted by atomic mass is 16.5. The average molecular weight is 430 g/mol. The Balaban J connectivity index is 1.46. The van der Waals surface area contributed by atoms with Crippen LogP contribution in [-0.2, 0) is 9.53 Å². The van der Waals surface area contributed by atoms with E-state index in [2.05, 4.69) is 34.6 Å². The Morgan fingerprint density at radius 2 is 1.78 bits per heavy atom. The summed E-state index contributed by atoms with van der Waals surface area (Å²) in [5.41, 5.74) is 4.12. The number of carbonyl (C=O) groups is 1. The monoisotopic (exact) mass is 429 g/mol. The van der Waals surface area contributed by atoms with Crippen molar-refractivity contribution in [1.82, 2.24) is 15.2 Å². The van der Waals surface area contributed by atoms with Crippen molar-refractivity contribution in [2.24, 2.45) is 5.92 Å². The molecule has 2 saturated heterocycles. The highest BCUT2D eigenvalue weighted by molar-refractivity contribution is 5.82. The normalized spacial score (nSPS) is 23.2. The third kappa shape index (κ3) is 3.99. The Labute approximate surface area is 187 Å². The third-order valence-electron chi connectivity index (χ3n) is 6.58. The number of hydrogen-bond donors (Lipinski definition) is 2. The molecule has 1 amide bonds. The largest absolute Gasteiger partial charge is 0.377 e. The van der Waals surface area contributed by atoms with Crippen molar-refractivity contribution in [3.8, 4) is 11.1 Å². The van der Waals surface area contributed by atoms with Gasteiger partial charge < -0.3 is 19.9 Å². The molecule has 1 aromatic heterocycles. The van der Waals surface area contributed by atoms with Crippen LogP contribution in [0.3, 0.4) is 0 Å². The van der Waals surface area contributed by atoms with Gasteiger partial charge in [-0.1, -0.05) is 54.6 Å². The Hall–Kier alpha value is -3.22. The minimum absolute atomic E-state index is 0.0601. The Morgan fingerprint density at radius 3 is 2.59 bits per heavy atom.